The van der Waals surface area contributed by atoms with E-state index >= 15 is 0 Å². The third-order valence-corrected chi connectivity index (χ3v) is 6.17. The van der Waals surface area contributed by atoms with Crippen LogP contribution in [0, 0.1) is 0 Å². The highest BCUT2D eigenvalue weighted by Crippen LogP contribution is 2.29. The summed E-state index contributed by atoms with van der Waals surface area (Å²) in [5.41, 5.74) is 6.98. The molecule has 0 saturated heterocycles. The topological polar surface area (TPSA) is 103 Å². The molecule has 0 unspecified atom stereocenters. The van der Waals surface area contributed by atoms with Crippen molar-refractivity contribution in [3.05, 3.63) is 114 Å². The number of benzene rings is 3. The van der Waals surface area contributed by atoms with Crippen LogP contribution in [0.5, 0.6) is 0 Å². The zero-order valence-electron chi connectivity index (χ0n) is 20.3. The summed E-state index contributed by atoms with van der Waals surface area (Å²) in [6.07, 6.45) is 4.29. The molecule has 2 heterocycles. The predicted octanol–water partition coefficient (Wildman–Crippen LogP) is 6.51. The minimum atomic E-state index is -0.954. The van der Waals surface area contributed by atoms with Crippen LogP contribution >= 0.6 is 0 Å². The Morgan fingerprint density at radius 1 is 1.00 bits per heavy atom. The van der Waals surface area contributed by atoms with Gasteiger partial charge in [-0.25, -0.2) is 14.8 Å². The van der Waals surface area contributed by atoms with E-state index in [1.54, 1.807) is 12.4 Å². The largest absolute Gasteiger partial charge is 0.478 e. The molecule has 4 N–H and O–H groups in total. The number of rotatable bonds is 9. The van der Waals surface area contributed by atoms with Gasteiger partial charge in [0.05, 0.1) is 5.39 Å². The van der Waals surface area contributed by atoms with Crippen molar-refractivity contribution in [2.45, 2.75) is 19.5 Å². The van der Waals surface area contributed by atoms with Crippen molar-refractivity contribution in [2.24, 2.45) is 0 Å². The van der Waals surface area contributed by atoms with E-state index in [0.717, 1.165) is 51.0 Å². The Morgan fingerprint density at radius 3 is 2.49 bits per heavy atom. The van der Waals surface area contributed by atoms with Crippen LogP contribution in [0.3, 0.4) is 0 Å². The normalized spacial score (nSPS) is 12.0. The maximum Gasteiger partial charge on any atom is 0.328 e. The molecule has 5 rings (SSSR count). The van der Waals surface area contributed by atoms with Gasteiger partial charge >= 0.3 is 5.97 Å². The summed E-state index contributed by atoms with van der Waals surface area (Å²) in [5.74, 6) is -0.157. The van der Waals surface area contributed by atoms with Crippen LogP contribution in [-0.4, -0.2) is 26.0 Å². The third kappa shape index (κ3) is 5.85. The van der Waals surface area contributed by atoms with E-state index in [4.69, 9.17) is 5.11 Å². The standard InChI is InChI=1S/C30H27N5O2/c1-20(23-5-3-2-4-6-23)34-29-26-17-27(35-30(26)33-19-32-29)24-12-14-25(15-13-24)31-18-22-9-7-21(8-10-22)11-16-28(36)37/h2-17,19-20,31H,18H2,1H3,(H,36,37)(H2,32,33,34,35)/t20-/m1/s1. The molecule has 0 spiro atoms. The van der Waals surface area contributed by atoms with E-state index in [-0.39, 0.29) is 6.04 Å². The van der Waals surface area contributed by atoms with E-state index in [2.05, 4.69) is 62.8 Å². The third-order valence-electron chi connectivity index (χ3n) is 6.17. The van der Waals surface area contributed by atoms with E-state index in [9.17, 15) is 4.79 Å². The lowest BCUT2D eigenvalue weighted by Crippen LogP contribution is -2.08. The molecule has 0 aliphatic heterocycles. The number of carboxylic acid groups (broad SMARTS) is 1. The van der Waals surface area contributed by atoms with Gasteiger partial charge in [0.15, 0.2) is 0 Å². The molecular formula is C30H27N5O2. The first-order chi connectivity index (χ1) is 18.0. The van der Waals surface area contributed by atoms with Crippen molar-refractivity contribution in [2.75, 3.05) is 10.6 Å². The van der Waals surface area contributed by atoms with Crippen LogP contribution in [0.1, 0.15) is 29.7 Å². The first-order valence-corrected chi connectivity index (χ1v) is 12.0. The summed E-state index contributed by atoms with van der Waals surface area (Å²) >= 11 is 0. The minimum Gasteiger partial charge on any atom is -0.478 e. The number of anilines is 2. The molecular weight excluding hydrogens is 462 g/mol. The van der Waals surface area contributed by atoms with Gasteiger partial charge in [-0.3, -0.25) is 0 Å². The number of aromatic amines is 1. The van der Waals surface area contributed by atoms with E-state index < -0.39 is 5.97 Å². The smallest absolute Gasteiger partial charge is 0.328 e. The zero-order valence-corrected chi connectivity index (χ0v) is 20.3. The van der Waals surface area contributed by atoms with E-state index in [1.165, 1.54) is 5.56 Å². The minimum absolute atomic E-state index is 0.111. The van der Waals surface area contributed by atoms with Crippen LogP contribution in [-0.2, 0) is 11.3 Å². The number of fused-ring (bicyclic) bond motifs is 1. The maximum atomic E-state index is 10.7. The average Bonchev–Trinajstić information content (AvgIpc) is 3.37. The highest BCUT2D eigenvalue weighted by atomic mass is 16.4. The molecule has 0 amide bonds. The van der Waals surface area contributed by atoms with E-state index in [1.807, 2.05) is 54.6 Å². The lowest BCUT2D eigenvalue weighted by molar-refractivity contribution is -0.131. The number of aliphatic carboxylic acids is 1. The van der Waals surface area contributed by atoms with Gasteiger partial charge in [-0.15, -0.1) is 0 Å². The summed E-state index contributed by atoms with van der Waals surface area (Å²) in [7, 11) is 0. The Morgan fingerprint density at radius 2 is 1.76 bits per heavy atom. The maximum absolute atomic E-state index is 10.7. The highest BCUT2D eigenvalue weighted by Gasteiger charge is 2.12. The van der Waals surface area contributed by atoms with E-state index in [0.29, 0.717) is 6.54 Å². The van der Waals surface area contributed by atoms with Gasteiger partial charge in [0.1, 0.15) is 17.8 Å². The Balaban J connectivity index is 1.26. The van der Waals surface area contributed by atoms with Gasteiger partial charge in [-0.05, 0) is 53.5 Å². The number of carboxylic acids is 1. The van der Waals surface area contributed by atoms with Crippen LogP contribution in [0.15, 0.2) is 97.3 Å². The second-order valence-corrected chi connectivity index (χ2v) is 8.79. The molecule has 37 heavy (non-hydrogen) atoms. The average molecular weight is 490 g/mol. The number of carbonyl (C=O) groups is 1. The van der Waals surface area contributed by atoms with Crippen molar-refractivity contribution in [3.8, 4) is 11.3 Å². The Bertz CT molecular complexity index is 1520. The lowest BCUT2D eigenvalue weighted by atomic mass is 10.1. The fourth-order valence-corrected chi connectivity index (χ4v) is 4.13. The van der Waals surface area contributed by atoms with Crippen molar-refractivity contribution in [3.63, 3.8) is 0 Å². The molecule has 0 aliphatic rings. The fourth-order valence-electron chi connectivity index (χ4n) is 4.13. The molecule has 0 fully saturated rings. The van der Waals surface area contributed by atoms with Crippen molar-refractivity contribution >= 4 is 34.6 Å². The number of nitrogens with zero attached hydrogens (tertiary/aromatic N) is 2. The Kier molecular flexibility index (Phi) is 6.94. The van der Waals surface area contributed by atoms with Gasteiger partial charge in [0.2, 0.25) is 0 Å². The summed E-state index contributed by atoms with van der Waals surface area (Å²) in [6.45, 7) is 2.78. The summed E-state index contributed by atoms with van der Waals surface area (Å²) in [5, 5.41) is 16.6. The van der Waals surface area contributed by atoms with Crippen molar-refractivity contribution in [1.82, 2.24) is 15.0 Å². The predicted molar refractivity (Wildman–Crippen MR) is 148 cm³/mol. The molecule has 0 saturated carbocycles. The second kappa shape index (κ2) is 10.8. The van der Waals surface area contributed by atoms with Crippen LogP contribution in [0.4, 0.5) is 11.5 Å². The number of aromatic nitrogens is 3. The molecule has 0 bridgehead atoms. The summed E-state index contributed by atoms with van der Waals surface area (Å²) in [6, 6.07) is 28.5. The first-order valence-electron chi connectivity index (χ1n) is 12.0. The Labute approximate surface area is 214 Å². The number of hydrogen-bond donors (Lipinski definition) is 4. The summed E-state index contributed by atoms with van der Waals surface area (Å²) < 4.78 is 0. The zero-order chi connectivity index (χ0) is 25.6. The molecule has 0 aliphatic carbocycles. The van der Waals surface area contributed by atoms with Crippen molar-refractivity contribution < 1.29 is 9.90 Å². The van der Waals surface area contributed by atoms with Gasteiger partial charge in [-0.1, -0.05) is 66.7 Å². The van der Waals surface area contributed by atoms with Crippen LogP contribution < -0.4 is 10.6 Å². The number of nitrogens with one attached hydrogen (secondary N) is 3. The number of hydrogen-bond acceptors (Lipinski definition) is 5. The highest BCUT2D eigenvalue weighted by molar-refractivity contribution is 5.91. The monoisotopic (exact) mass is 489 g/mol. The SMILES string of the molecule is C[C@@H](Nc1ncnc2[nH]c(-c3ccc(NCc4ccc(C=CC(=O)O)cc4)cc3)cc12)c1ccccc1. The van der Waals surface area contributed by atoms with Crippen molar-refractivity contribution in [1.29, 1.82) is 0 Å². The second-order valence-electron chi connectivity index (χ2n) is 8.79. The van der Waals surface area contributed by atoms with Gasteiger partial charge < -0.3 is 20.7 Å². The molecule has 7 nitrogen and oxygen atoms in total. The fraction of sp³-hybridized carbons (Fsp3) is 0.100. The molecule has 7 heteroatoms. The first kappa shape index (κ1) is 23.8. The van der Waals surface area contributed by atoms with Crippen LogP contribution in [0.25, 0.3) is 28.4 Å². The van der Waals surface area contributed by atoms with Gasteiger partial charge in [0.25, 0.3) is 0 Å². The van der Waals surface area contributed by atoms with Gasteiger partial charge in [-0.2, -0.15) is 0 Å². The number of H-pyrrole nitrogens is 1. The molecule has 0 radical (unpaired) electrons. The molecule has 2 aromatic heterocycles. The quantitative estimate of drug-likeness (QED) is 0.176. The molecule has 3 aromatic carbocycles. The van der Waals surface area contributed by atoms with Gasteiger partial charge in [0, 0.05) is 30.0 Å². The molecule has 184 valence electrons. The molecule has 1 atom stereocenters. The summed E-state index contributed by atoms with van der Waals surface area (Å²) in [4.78, 5) is 23.0. The van der Waals surface area contributed by atoms with Crippen LogP contribution in [0.2, 0.25) is 0 Å². The lowest BCUT2D eigenvalue weighted by Gasteiger charge is -2.15. The Hall–Kier alpha value is -4.91. The molecule has 5 aromatic rings.